The first-order chi connectivity index (χ1) is 12.4. The smallest absolute Gasteiger partial charge is 0.331 e. The molecule has 1 amide bonds. The third kappa shape index (κ3) is 3.00. The third-order valence-corrected chi connectivity index (χ3v) is 4.83. The molecule has 0 aromatic carbocycles. The largest absolute Gasteiger partial charge is 0.467 e. The first-order valence-corrected chi connectivity index (χ1v) is 8.39. The molecular formula is C17H20N4O5. The predicted octanol–water partition coefficient (Wildman–Crippen LogP) is 0.227. The Morgan fingerprint density at radius 1 is 1.23 bits per heavy atom. The van der Waals surface area contributed by atoms with Gasteiger partial charge in [-0.15, -0.1) is 0 Å². The van der Waals surface area contributed by atoms with Gasteiger partial charge in [-0.2, -0.15) is 0 Å². The molecule has 1 aliphatic carbocycles. The van der Waals surface area contributed by atoms with E-state index < -0.39 is 28.7 Å². The van der Waals surface area contributed by atoms with Gasteiger partial charge in [0.2, 0.25) is 0 Å². The van der Waals surface area contributed by atoms with Crippen molar-refractivity contribution in [2.24, 2.45) is 7.05 Å². The van der Waals surface area contributed by atoms with Gasteiger partial charge < -0.3 is 10.1 Å². The van der Waals surface area contributed by atoms with Crippen LogP contribution in [0.3, 0.4) is 0 Å². The fourth-order valence-corrected chi connectivity index (χ4v) is 3.36. The summed E-state index contributed by atoms with van der Waals surface area (Å²) in [5.74, 6) is -1.03. The summed E-state index contributed by atoms with van der Waals surface area (Å²) in [5, 5.41) is 2.96. The summed E-state index contributed by atoms with van der Waals surface area (Å²) in [6.07, 6.45) is 3.61. The zero-order valence-corrected chi connectivity index (χ0v) is 14.6. The van der Waals surface area contributed by atoms with Gasteiger partial charge in [0.25, 0.3) is 11.5 Å². The van der Waals surface area contributed by atoms with E-state index in [1.54, 1.807) is 0 Å². The van der Waals surface area contributed by atoms with Crippen molar-refractivity contribution in [1.82, 2.24) is 19.9 Å². The number of aromatic nitrogens is 3. The molecule has 2 aromatic rings. The number of carbonyl (C=O) groups excluding carboxylic acids is 2. The molecule has 1 aliphatic rings. The zero-order valence-electron chi connectivity index (χ0n) is 14.6. The second-order valence-electron chi connectivity index (χ2n) is 6.47. The number of hydrogen-bond acceptors (Lipinski definition) is 6. The summed E-state index contributed by atoms with van der Waals surface area (Å²) in [4.78, 5) is 54.9. The second-order valence-corrected chi connectivity index (χ2v) is 6.47. The zero-order chi connectivity index (χ0) is 18.9. The van der Waals surface area contributed by atoms with Crippen molar-refractivity contribution in [3.05, 3.63) is 38.7 Å². The Hall–Kier alpha value is -2.97. The van der Waals surface area contributed by atoms with Crippen LogP contribution in [-0.2, 0) is 16.6 Å². The molecular weight excluding hydrogens is 340 g/mol. The molecule has 0 unspecified atom stereocenters. The number of aryl methyl sites for hydroxylation is 1. The number of hydrogen-bond donors (Lipinski definition) is 2. The Morgan fingerprint density at radius 2 is 1.92 bits per heavy atom. The van der Waals surface area contributed by atoms with E-state index in [4.69, 9.17) is 4.74 Å². The van der Waals surface area contributed by atoms with E-state index in [0.717, 1.165) is 23.8 Å². The minimum atomic E-state index is -1.07. The molecule has 1 saturated carbocycles. The van der Waals surface area contributed by atoms with Crippen LogP contribution in [0.1, 0.15) is 42.6 Å². The minimum absolute atomic E-state index is 0.0203. The fraction of sp³-hybridized carbons (Fsp3) is 0.471. The van der Waals surface area contributed by atoms with Gasteiger partial charge >= 0.3 is 11.7 Å². The molecule has 26 heavy (non-hydrogen) atoms. The average Bonchev–Trinajstić information content (AvgIpc) is 2.65. The van der Waals surface area contributed by atoms with Crippen molar-refractivity contribution in [1.29, 1.82) is 0 Å². The van der Waals surface area contributed by atoms with E-state index in [9.17, 15) is 19.2 Å². The lowest BCUT2D eigenvalue weighted by molar-refractivity contribution is -0.149. The molecule has 0 saturated heterocycles. The van der Waals surface area contributed by atoms with Crippen molar-refractivity contribution < 1.29 is 14.3 Å². The Morgan fingerprint density at radius 3 is 2.58 bits per heavy atom. The SMILES string of the molecule is COC(=O)C1(NC(=O)c2ccc3c(=O)[nH]c(=O)n(C)c3n2)CCCCC1. The number of nitrogens with one attached hydrogen (secondary N) is 2. The number of pyridine rings is 1. The Bertz CT molecular complexity index is 985. The standard InChI is InChI=1S/C17H20N4O5/c1-21-12-10(13(22)19-16(21)25)6-7-11(18-12)14(23)20-17(15(24)26-2)8-4-3-5-9-17/h6-7H,3-5,8-9H2,1-2H3,(H,20,23)(H,19,22,25). The normalized spacial score (nSPS) is 16.2. The van der Waals surface area contributed by atoms with E-state index >= 15 is 0 Å². The van der Waals surface area contributed by atoms with Gasteiger partial charge in [-0.1, -0.05) is 19.3 Å². The lowest BCUT2D eigenvalue weighted by Crippen LogP contribution is -2.56. The van der Waals surface area contributed by atoms with Gasteiger partial charge in [0.15, 0.2) is 0 Å². The Balaban J connectivity index is 1.99. The minimum Gasteiger partial charge on any atom is -0.467 e. The maximum Gasteiger partial charge on any atom is 0.331 e. The summed E-state index contributed by atoms with van der Waals surface area (Å²) in [5.41, 5.74) is -2.14. The van der Waals surface area contributed by atoms with Crippen LogP contribution in [0.25, 0.3) is 11.0 Å². The van der Waals surface area contributed by atoms with Gasteiger partial charge in [0.05, 0.1) is 12.5 Å². The molecule has 2 heterocycles. The number of rotatable bonds is 3. The van der Waals surface area contributed by atoms with Crippen molar-refractivity contribution >= 4 is 22.9 Å². The number of fused-ring (bicyclic) bond motifs is 1. The van der Waals surface area contributed by atoms with Gasteiger partial charge in [-0.25, -0.2) is 14.6 Å². The summed E-state index contributed by atoms with van der Waals surface area (Å²) < 4.78 is 6.04. The van der Waals surface area contributed by atoms with Crippen LogP contribution in [0.4, 0.5) is 0 Å². The number of carbonyl (C=O) groups is 2. The highest BCUT2D eigenvalue weighted by atomic mass is 16.5. The van der Waals surface area contributed by atoms with E-state index in [2.05, 4.69) is 15.3 Å². The van der Waals surface area contributed by atoms with Crippen LogP contribution >= 0.6 is 0 Å². The van der Waals surface area contributed by atoms with Crippen molar-refractivity contribution in [3.63, 3.8) is 0 Å². The maximum atomic E-state index is 12.7. The van der Waals surface area contributed by atoms with Gasteiger partial charge in [0, 0.05) is 7.05 Å². The first-order valence-electron chi connectivity index (χ1n) is 8.39. The second kappa shape index (κ2) is 6.74. The van der Waals surface area contributed by atoms with Crippen LogP contribution < -0.4 is 16.6 Å². The van der Waals surface area contributed by atoms with Crippen LogP contribution in [0, 0.1) is 0 Å². The third-order valence-electron chi connectivity index (χ3n) is 4.83. The number of H-pyrrole nitrogens is 1. The average molecular weight is 360 g/mol. The van der Waals surface area contributed by atoms with Crippen molar-refractivity contribution in [2.45, 2.75) is 37.6 Å². The monoisotopic (exact) mass is 360 g/mol. The number of amides is 1. The number of esters is 1. The molecule has 0 atom stereocenters. The molecule has 138 valence electrons. The van der Waals surface area contributed by atoms with Gasteiger partial charge in [-0.3, -0.25) is 19.1 Å². The van der Waals surface area contributed by atoms with E-state index in [1.807, 2.05) is 0 Å². The van der Waals surface area contributed by atoms with E-state index in [-0.39, 0.29) is 16.7 Å². The maximum absolute atomic E-state index is 12.7. The number of aromatic amines is 1. The van der Waals surface area contributed by atoms with Crippen LogP contribution in [0.5, 0.6) is 0 Å². The highest BCUT2D eigenvalue weighted by Gasteiger charge is 2.42. The fourth-order valence-electron chi connectivity index (χ4n) is 3.36. The van der Waals surface area contributed by atoms with Crippen LogP contribution in [-0.4, -0.2) is 39.1 Å². The van der Waals surface area contributed by atoms with Crippen molar-refractivity contribution in [2.75, 3.05) is 7.11 Å². The van der Waals surface area contributed by atoms with E-state index in [0.29, 0.717) is 12.8 Å². The van der Waals surface area contributed by atoms with Gasteiger partial charge in [0.1, 0.15) is 16.9 Å². The summed E-state index contributed by atoms with van der Waals surface area (Å²) >= 11 is 0. The number of methoxy groups -OCH3 is 1. The first kappa shape index (κ1) is 17.8. The topological polar surface area (TPSA) is 123 Å². The lowest BCUT2D eigenvalue weighted by atomic mass is 9.81. The molecule has 2 N–H and O–H groups in total. The van der Waals surface area contributed by atoms with Crippen LogP contribution in [0.2, 0.25) is 0 Å². The molecule has 2 aromatic heterocycles. The van der Waals surface area contributed by atoms with E-state index in [1.165, 1.54) is 26.3 Å². The summed E-state index contributed by atoms with van der Waals surface area (Å²) in [7, 11) is 2.74. The quantitative estimate of drug-likeness (QED) is 0.755. The van der Waals surface area contributed by atoms with Crippen LogP contribution in [0.15, 0.2) is 21.7 Å². The number of ether oxygens (including phenoxy) is 1. The highest BCUT2D eigenvalue weighted by Crippen LogP contribution is 2.29. The predicted molar refractivity (Wildman–Crippen MR) is 92.9 cm³/mol. The molecule has 0 radical (unpaired) electrons. The summed E-state index contributed by atoms with van der Waals surface area (Å²) in [6.45, 7) is 0. The molecule has 9 nitrogen and oxygen atoms in total. The molecule has 0 aliphatic heterocycles. The van der Waals surface area contributed by atoms with Gasteiger partial charge in [-0.05, 0) is 25.0 Å². The molecule has 3 rings (SSSR count). The Labute approximate surface area is 148 Å². The summed E-state index contributed by atoms with van der Waals surface area (Å²) in [6, 6.07) is 2.83. The molecule has 1 fully saturated rings. The molecule has 0 bridgehead atoms. The highest BCUT2D eigenvalue weighted by molar-refractivity contribution is 5.98. The number of nitrogens with zero attached hydrogens (tertiary/aromatic N) is 2. The molecule has 9 heteroatoms. The van der Waals surface area contributed by atoms with Crippen molar-refractivity contribution in [3.8, 4) is 0 Å². The molecule has 0 spiro atoms. The lowest BCUT2D eigenvalue weighted by Gasteiger charge is -2.35. The Kier molecular flexibility index (Phi) is 4.62.